The number of hydrogen-bond donors (Lipinski definition) is 6. The van der Waals surface area contributed by atoms with Crippen molar-refractivity contribution < 1.29 is 335 Å². The average Bonchev–Trinajstić information content (AvgIpc) is 3.42. The van der Waals surface area contributed by atoms with E-state index in [1.54, 1.807) is 28.2 Å². The van der Waals surface area contributed by atoms with Gasteiger partial charge >= 0.3 is 0 Å². The second-order valence-electron chi connectivity index (χ2n) is 10.9. The molecule has 36 heteroatoms. The molecule has 0 unspecified atom stereocenters. The Morgan fingerprint density at radius 3 is 0.348 bits per heavy atom. The Hall–Kier alpha value is 0.320. The molecule has 0 aliphatic carbocycles. The second-order valence-corrected chi connectivity index (χ2v) is 10.9. The zero-order chi connectivity index (χ0) is 69.2. The first kappa shape index (κ1) is 205. The average molecular weight is 2140 g/mol. The third kappa shape index (κ3) is 402. The van der Waals surface area contributed by atoms with Crippen molar-refractivity contribution in [3.8, 4) is 0 Å². The quantitative estimate of drug-likeness (QED) is 0.144. The number of carboxylic acid groups (broad SMARTS) is 2. The molecule has 0 aromatic rings. The summed E-state index contributed by atoms with van der Waals surface area (Å²) in [5.41, 5.74) is 0. The van der Waals surface area contributed by atoms with Crippen LogP contribution in [0.15, 0.2) is 0 Å². The third-order valence-corrected chi connectivity index (χ3v) is 5.38. The minimum absolute atomic E-state index is 0. The van der Waals surface area contributed by atoms with Gasteiger partial charge in [0, 0.05) is 385 Å². The number of aliphatic carboxylic acids is 1. The molecule has 0 saturated heterocycles. The fourth-order valence-corrected chi connectivity index (χ4v) is 0.887. The molecule has 0 spiro atoms. The smallest absolute Gasteiger partial charge is 0.300 e. The van der Waals surface area contributed by atoms with Gasteiger partial charge in [0.05, 0.1) is 14.2 Å². The van der Waals surface area contributed by atoms with Crippen LogP contribution in [-0.4, -0.2) is 197 Å². The minimum atomic E-state index is -0.833. The van der Waals surface area contributed by atoms with Crippen LogP contribution in [0.5, 0.6) is 0 Å². The Kier molecular flexibility index (Phi) is 456. The van der Waals surface area contributed by atoms with E-state index in [1.807, 2.05) is 83.1 Å². The molecule has 0 aromatic heterocycles. The van der Waals surface area contributed by atoms with Crippen molar-refractivity contribution in [3.05, 3.63) is 0 Å². The summed E-state index contributed by atoms with van der Waals surface area (Å²) < 4.78 is 7.72. The van der Waals surface area contributed by atoms with Gasteiger partial charge in [0.15, 0.2) is 0 Å². The van der Waals surface area contributed by atoms with Crippen LogP contribution < -0.4 is 21.3 Å². The van der Waals surface area contributed by atoms with Gasteiger partial charge in [-0.05, 0) is 0 Å². The molecule has 548 valence electrons. The molecule has 0 aliphatic heterocycles. The number of ether oxygens (including phenoxy) is 2. The summed E-state index contributed by atoms with van der Waals surface area (Å²) in [6.07, 6.45) is 0. The summed E-state index contributed by atoms with van der Waals surface area (Å²) in [7, 11) is 14.8. The summed E-state index contributed by atoms with van der Waals surface area (Å²) in [6.45, 7) is 42.3. The van der Waals surface area contributed by atoms with Crippen LogP contribution in [0.3, 0.4) is 0 Å². The van der Waals surface area contributed by atoms with E-state index < -0.39 is 5.97 Å². The zero-order valence-corrected chi connectivity index (χ0v) is 82.4. The standard InChI is InChI=1S/4C5H9NO2.4C3H7NO.3C2H4O2.6C2H6.CH2O2.5CH4.2W.6Y/c4*1-4(7)6(3)5(2)8;4*1-3(5)4-2;2*1-4-2-3;1-2(3)4;6*1-2;2-1-3;;;;;;;;;;;;;/h4*1-3H3;4*1-2H3,(H,4,5);2*2H,1H3;1H3,(H,3,4);6*1-2H3;1H,(H,2,3);5*1H4;;;;;;;;. The topological polar surface area (TPSA) is 393 Å². The molecular formula is C56H134N8O20W2Y6. The second kappa shape index (κ2) is 205. The summed E-state index contributed by atoms with van der Waals surface area (Å²) in [4.78, 5) is 161. The van der Waals surface area contributed by atoms with Crippen LogP contribution in [0.4, 0.5) is 0 Å². The van der Waals surface area contributed by atoms with Crippen molar-refractivity contribution in [2.45, 2.75) is 210 Å². The van der Waals surface area contributed by atoms with Crippen molar-refractivity contribution in [2.75, 3.05) is 70.6 Å². The van der Waals surface area contributed by atoms with Crippen LogP contribution in [-0.2, 0) is 325 Å². The van der Waals surface area contributed by atoms with Crippen LogP contribution >= 0.6 is 0 Å². The molecule has 0 rings (SSSR count). The Bertz CT molecular complexity index is 1250. The number of carbonyl (C=O) groups is 16. The number of methoxy groups -OCH3 is 2. The maximum Gasteiger partial charge on any atom is 0.300 e. The summed E-state index contributed by atoms with van der Waals surface area (Å²) in [6, 6.07) is 0. The van der Waals surface area contributed by atoms with E-state index in [0.29, 0.717) is 12.9 Å². The van der Waals surface area contributed by atoms with Gasteiger partial charge in [0.1, 0.15) is 0 Å². The normalized spacial score (nSPS) is 5.64. The number of nitrogens with zero attached hydrogens (tertiary/aromatic N) is 4. The monoisotopic (exact) mass is 2140 g/mol. The largest absolute Gasteiger partial charge is 0.483 e. The van der Waals surface area contributed by atoms with Crippen molar-refractivity contribution in [2.24, 2.45) is 0 Å². The summed E-state index contributed by atoms with van der Waals surface area (Å²) in [5.74, 6) is -2.61. The first-order chi connectivity index (χ1) is 36.3. The van der Waals surface area contributed by atoms with E-state index in [0.717, 1.165) is 26.5 Å². The molecular weight excluding hydrogens is 2010 g/mol. The Balaban J connectivity index is -0.0000000149. The van der Waals surface area contributed by atoms with Crippen molar-refractivity contribution in [3.63, 3.8) is 0 Å². The molecule has 0 saturated carbocycles. The number of rotatable bonds is 2. The minimum Gasteiger partial charge on any atom is -0.483 e. The molecule has 28 nitrogen and oxygen atoms in total. The van der Waals surface area contributed by atoms with Gasteiger partial charge in [-0.25, -0.2) is 0 Å². The van der Waals surface area contributed by atoms with Crippen molar-refractivity contribution in [1.29, 1.82) is 0 Å². The van der Waals surface area contributed by atoms with Gasteiger partial charge in [0.2, 0.25) is 70.9 Å². The maximum absolute atomic E-state index is 10.3. The Labute approximate surface area is 742 Å². The van der Waals surface area contributed by atoms with Crippen LogP contribution in [0, 0.1) is 0 Å². The van der Waals surface area contributed by atoms with Crippen LogP contribution in [0.25, 0.3) is 0 Å². The first-order valence-electron chi connectivity index (χ1n) is 24.2. The van der Waals surface area contributed by atoms with Crippen LogP contribution in [0.1, 0.15) is 210 Å². The predicted molar refractivity (Wildman–Crippen MR) is 345 cm³/mol. The molecule has 92 heavy (non-hydrogen) atoms. The van der Waals surface area contributed by atoms with E-state index in [2.05, 4.69) is 30.7 Å². The molecule has 0 atom stereocenters. The van der Waals surface area contributed by atoms with E-state index in [1.165, 1.54) is 125 Å². The molecule has 6 N–H and O–H groups in total. The number of nitrogens with one attached hydrogen (secondary N) is 4. The molecule has 12 amide bonds. The van der Waals surface area contributed by atoms with Gasteiger partial charge < -0.3 is 41.0 Å². The molecule has 0 heterocycles. The number of carboxylic acids is 1. The Morgan fingerprint density at radius 1 is 0.304 bits per heavy atom. The summed E-state index contributed by atoms with van der Waals surface area (Å²) in [5, 5.41) is 23.9. The van der Waals surface area contributed by atoms with Gasteiger partial charge in [-0.2, -0.15) is 0 Å². The molecule has 0 aromatic carbocycles. The van der Waals surface area contributed by atoms with E-state index >= 15 is 0 Å². The molecule has 0 bridgehead atoms. The zero-order valence-electron chi connectivity index (χ0n) is 59.5. The molecule has 6 radical (unpaired) electrons. The van der Waals surface area contributed by atoms with E-state index in [-0.39, 0.29) is 353 Å². The number of carbonyl (C=O) groups excluding carboxylic acids is 14. The van der Waals surface area contributed by atoms with Gasteiger partial charge in [-0.3, -0.25) is 96.3 Å². The fourth-order valence-electron chi connectivity index (χ4n) is 0.887. The fraction of sp³-hybridized carbons (Fsp3) is 0.714. The third-order valence-electron chi connectivity index (χ3n) is 5.38. The van der Waals surface area contributed by atoms with Gasteiger partial charge in [-0.15, -0.1) is 0 Å². The van der Waals surface area contributed by atoms with Crippen LogP contribution in [0.2, 0.25) is 0 Å². The Morgan fingerprint density at radius 2 is 0.348 bits per heavy atom. The van der Waals surface area contributed by atoms with E-state index in [4.69, 9.17) is 29.4 Å². The summed E-state index contributed by atoms with van der Waals surface area (Å²) >= 11 is 0. The van der Waals surface area contributed by atoms with Crippen molar-refractivity contribution in [1.82, 2.24) is 40.9 Å². The molecule has 0 fully saturated rings. The number of amides is 12. The first-order valence-corrected chi connectivity index (χ1v) is 24.2. The SMILES string of the molecule is C.C.C.C.C.CC.CC.CC.CC.CC.CC.CC(=O)N(C)C(C)=O.CC(=O)N(C)C(C)=O.CC(=O)N(C)C(C)=O.CC(=O)N(C)C(C)=O.CC(=O)O.CNC(C)=O.CNC(C)=O.CNC(C)=O.CNC(C)=O.COC=O.COC=O.O=CO.[W].[W].[Y].[Y].[Y].[Y].[Y].[Y]. The maximum atomic E-state index is 10.3. The van der Waals surface area contributed by atoms with Gasteiger partial charge in [-0.1, -0.05) is 120 Å². The van der Waals surface area contributed by atoms with Crippen molar-refractivity contribution >= 4 is 96.3 Å². The van der Waals surface area contributed by atoms with E-state index in [9.17, 15) is 57.5 Å². The predicted octanol–water partition coefficient (Wildman–Crippen LogP) is 7.74. The van der Waals surface area contributed by atoms with Gasteiger partial charge in [0.25, 0.3) is 25.4 Å². The molecule has 0 aliphatic rings. The number of imide groups is 4. The number of hydrogen-bond acceptors (Lipinski definition) is 18.